The van der Waals surface area contributed by atoms with Crippen molar-refractivity contribution in [3.63, 3.8) is 0 Å². The summed E-state index contributed by atoms with van der Waals surface area (Å²) in [5, 5.41) is 14.3. The molecule has 3 rings (SSSR count). The molecule has 6 heteroatoms. The standard InChI is InChI=1S/C19H21N3O2S/c1-4-19(3,15-7-5-13(2)6-8-15)16-12-25-17(20-16)21-18(24)22-9-14(10-22)11-23/h1,5-8,12,14,23H,9-11H2,2-3H3,(H,20,21,24). The van der Waals surface area contributed by atoms with Gasteiger partial charge in [0.15, 0.2) is 5.13 Å². The number of aromatic nitrogens is 1. The van der Waals surface area contributed by atoms with Gasteiger partial charge in [-0.1, -0.05) is 35.7 Å². The first kappa shape index (κ1) is 17.5. The zero-order valence-electron chi connectivity index (χ0n) is 14.3. The minimum atomic E-state index is -0.647. The molecule has 2 N–H and O–H groups in total. The van der Waals surface area contributed by atoms with Crippen LogP contribution in [0.15, 0.2) is 29.6 Å². The number of thiazole rings is 1. The molecular formula is C19H21N3O2S. The van der Waals surface area contributed by atoms with E-state index in [9.17, 15) is 4.79 Å². The van der Waals surface area contributed by atoms with Gasteiger partial charge in [-0.3, -0.25) is 5.32 Å². The van der Waals surface area contributed by atoms with Crippen LogP contribution in [0.3, 0.4) is 0 Å². The van der Waals surface area contributed by atoms with Crippen molar-refractivity contribution in [3.8, 4) is 12.3 Å². The number of hydrogen-bond acceptors (Lipinski definition) is 4. The van der Waals surface area contributed by atoms with Crippen molar-refractivity contribution < 1.29 is 9.90 Å². The minimum absolute atomic E-state index is 0.113. The summed E-state index contributed by atoms with van der Waals surface area (Å²) in [6.45, 7) is 5.25. The predicted molar refractivity (Wildman–Crippen MR) is 99.7 cm³/mol. The Morgan fingerprint density at radius 3 is 2.76 bits per heavy atom. The summed E-state index contributed by atoms with van der Waals surface area (Å²) >= 11 is 1.36. The van der Waals surface area contributed by atoms with Crippen molar-refractivity contribution in [2.45, 2.75) is 19.3 Å². The lowest BCUT2D eigenvalue weighted by Gasteiger charge is -2.37. The Labute approximate surface area is 151 Å². The molecule has 2 aromatic rings. The number of carbonyl (C=O) groups excluding carboxylic acids is 1. The van der Waals surface area contributed by atoms with Gasteiger partial charge in [-0.25, -0.2) is 9.78 Å². The van der Waals surface area contributed by atoms with E-state index in [1.807, 2.05) is 43.5 Å². The molecule has 5 nitrogen and oxygen atoms in total. The molecule has 1 aliphatic heterocycles. The van der Waals surface area contributed by atoms with Crippen molar-refractivity contribution in [2.75, 3.05) is 25.0 Å². The van der Waals surface area contributed by atoms with Crippen LogP contribution in [0.25, 0.3) is 0 Å². The fourth-order valence-corrected chi connectivity index (χ4v) is 3.58. The van der Waals surface area contributed by atoms with Gasteiger partial charge < -0.3 is 10.0 Å². The molecule has 0 radical (unpaired) electrons. The average Bonchev–Trinajstić information content (AvgIpc) is 3.03. The van der Waals surface area contributed by atoms with Crippen molar-refractivity contribution in [3.05, 3.63) is 46.5 Å². The van der Waals surface area contributed by atoms with Crippen LogP contribution < -0.4 is 5.32 Å². The third-order valence-corrected chi connectivity index (χ3v) is 5.41. The van der Waals surface area contributed by atoms with Crippen LogP contribution in [0.2, 0.25) is 0 Å². The van der Waals surface area contributed by atoms with Gasteiger partial charge in [0.2, 0.25) is 0 Å². The number of aliphatic hydroxyl groups excluding tert-OH is 1. The first-order valence-corrected chi connectivity index (χ1v) is 9.02. The number of anilines is 1. The average molecular weight is 355 g/mol. The Morgan fingerprint density at radius 2 is 2.16 bits per heavy atom. The fourth-order valence-electron chi connectivity index (χ4n) is 2.77. The van der Waals surface area contributed by atoms with Gasteiger partial charge in [0.1, 0.15) is 0 Å². The third kappa shape index (κ3) is 3.39. The zero-order valence-corrected chi connectivity index (χ0v) is 15.1. The summed E-state index contributed by atoms with van der Waals surface area (Å²) in [6, 6.07) is 7.90. The molecule has 1 atom stereocenters. The highest BCUT2D eigenvalue weighted by Gasteiger charge is 2.32. The van der Waals surface area contributed by atoms with Gasteiger partial charge in [-0.2, -0.15) is 0 Å². The maximum atomic E-state index is 12.2. The maximum Gasteiger partial charge on any atom is 0.323 e. The van der Waals surface area contributed by atoms with E-state index in [1.54, 1.807) is 4.90 Å². The summed E-state index contributed by atoms with van der Waals surface area (Å²) in [6.07, 6.45) is 5.82. The number of aryl methyl sites for hydroxylation is 1. The van der Waals surface area contributed by atoms with Crippen molar-refractivity contribution in [1.29, 1.82) is 0 Å². The highest BCUT2D eigenvalue weighted by atomic mass is 32.1. The van der Waals surface area contributed by atoms with Crippen molar-refractivity contribution in [1.82, 2.24) is 9.88 Å². The molecule has 1 aromatic heterocycles. The number of nitrogens with zero attached hydrogens (tertiary/aromatic N) is 2. The molecule has 1 saturated heterocycles. The van der Waals surface area contributed by atoms with E-state index in [0.717, 1.165) is 11.3 Å². The highest BCUT2D eigenvalue weighted by Crippen LogP contribution is 2.33. The Morgan fingerprint density at radius 1 is 1.48 bits per heavy atom. The predicted octanol–water partition coefficient (Wildman–Crippen LogP) is 2.85. The molecule has 130 valence electrons. The smallest absolute Gasteiger partial charge is 0.323 e. The monoisotopic (exact) mass is 355 g/mol. The van der Waals surface area contributed by atoms with E-state index >= 15 is 0 Å². The largest absolute Gasteiger partial charge is 0.396 e. The molecule has 0 aliphatic carbocycles. The first-order chi connectivity index (χ1) is 12.0. The van der Waals surface area contributed by atoms with Crippen molar-refractivity contribution >= 4 is 22.5 Å². The number of amides is 2. The molecule has 25 heavy (non-hydrogen) atoms. The van der Waals surface area contributed by atoms with E-state index in [1.165, 1.54) is 16.9 Å². The van der Waals surface area contributed by atoms with E-state index < -0.39 is 5.41 Å². The number of rotatable bonds is 4. The lowest BCUT2D eigenvalue weighted by molar-refractivity contribution is 0.0838. The maximum absolute atomic E-state index is 12.2. The van der Waals surface area contributed by atoms with Crippen LogP contribution in [0.1, 0.15) is 23.7 Å². The molecule has 2 amide bonds. The lowest BCUT2D eigenvalue weighted by atomic mass is 9.80. The summed E-state index contributed by atoms with van der Waals surface area (Å²) in [5.74, 6) is 3.03. The number of terminal acetylenes is 1. The van der Waals surface area contributed by atoms with E-state index in [0.29, 0.717) is 18.2 Å². The van der Waals surface area contributed by atoms with Gasteiger partial charge in [0.25, 0.3) is 0 Å². The summed E-state index contributed by atoms with van der Waals surface area (Å²) in [5.41, 5.74) is 2.27. The molecule has 1 unspecified atom stereocenters. The fraction of sp³-hybridized carbons (Fsp3) is 0.368. The van der Waals surface area contributed by atoms with E-state index in [4.69, 9.17) is 11.5 Å². The van der Waals surface area contributed by atoms with Crippen LogP contribution in [0, 0.1) is 25.2 Å². The molecule has 1 fully saturated rings. The Kier molecular flexibility index (Phi) is 4.80. The number of hydrogen-bond donors (Lipinski definition) is 2. The van der Waals surface area contributed by atoms with Gasteiger partial charge in [0, 0.05) is 31.0 Å². The molecular weight excluding hydrogens is 334 g/mol. The summed E-state index contributed by atoms with van der Waals surface area (Å²) in [7, 11) is 0. The second kappa shape index (κ2) is 6.87. The number of aliphatic hydroxyl groups is 1. The van der Waals surface area contributed by atoms with E-state index in [2.05, 4.69) is 16.2 Å². The number of nitrogens with one attached hydrogen (secondary N) is 1. The number of carbonyl (C=O) groups is 1. The molecule has 1 aliphatic rings. The molecule has 0 saturated carbocycles. The van der Waals surface area contributed by atoms with Crippen LogP contribution in [0.5, 0.6) is 0 Å². The second-order valence-electron chi connectivity index (χ2n) is 6.56. The number of benzene rings is 1. The van der Waals surface area contributed by atoms with Gasteiger partial charge in [0.05, 0.1) is 11.1 Å². The van der Waals surface area contributed by atoms with Gasteiger partial charge in [-0.05, 0) is 19.4 Å². The van der Waals surface area contributed by atoms with Crippen LogP contribution in [-0.2, 0) is 5.41 Å². The first-order valence-electron chi connectivity index (χ1n) is 8.14. The van der Waals surface area contributed by atoms with Crippen LogP contribution in [0.4, 0.5) is 9.93 Å². The molecule has 0 bridgehead atoms. The van der Waals surface area contributed by atoms with Crippen LogP contribution >= 0.6 is 11.3 Å². The Hall–Kier alpha value is -2.36. The second-order valence-corrected chi connectivity index (χ2v) is 7.42. The number of likely N-dealkylation sites (tertiary alicyclic amines) is 1. The molecule has 2 heterocycles. The number of urea groups is 1. The lowest BCUT2D eigenvalue weighted by Crippen LogP contribution is -2.52. The third-order valence-electron chi connectivity index (χ3n) is 4.65. The normalized spacial score (nSPS) is 16.6. The van der Waals surface area contributed by atoms with Gasteiger partial charge >= 0.3 is 6.03 Å². The zero-order chi connectivity index (χ0) is 18.0. The molecule has 0 spiro atoms. The summed E-state index contributed by atoms with van der Waals surface area (Å²) in [4.78, 5) is 18.3. The highest BCUT2D eigenvalue weighted by molar-refractivity contribution is 7.14. The quantitative estimate of drug-likeness (QED) is 0.829. The van der Waals surface area contributed by atoms with Crippen molar-refractivity contribution in [2.24, 2.45) is 5.92 Å². The SMILES string of the molecule is C#CC(C)(c1ccc(C)cc1)c1csc(NC(=O)N2CC(CO)C2)n1. The topological polar surface area (TPSA) is 65.5 Å². The van der Waals surface area contributed by atoms with E-state index in [-0.39, 0.29) is 18.6 Å². The summed E-state index contributed by atoms with van der Waals surface area (Å²) < 4.78 is 0. The Bertz CT molecular complexity index is 803. The van der Waals surface area contributed by atoms with Crippen LogP contribution in [-0.4, -0.2) is 40.7 Å². The molecule has 1 aromatic carbocycles. The Balaban J connectivity index is 1.74. The van der Waals surface area contributed by atoms with Gasteiger partial charge in [-0.15, -0.1) is 17.8 Å². The minimum Gasteiger partial charge on any atom is -0.396 e.